The van der Waals surface area contributed by atoms with Gasteiger partial charge < -0.3 is 15.0 Å². The molecule has 1 heterocycles. The summed E-state index contributed by atoms with van der Waals surface area (Å²) in [6.07, 6.45) is 0. The van der Waals surface area contributed by atoms with Crippen molar-refractivity contribution < 1.29 is 13.2 Å². The molecule has 0 radical (unpaired) electrons. The van der Waals surface area contributed by atoms with Crippen molar-refractivity contribution in [2.75, 3.05) is 42.9 Å². The van der Waals surface area contributed by atoms with Crippen molar-refractivity contribution in [1.82, 2.24) is 5.32 Å². The summed E-state index contributed by atoms with van der Waals surface area (Å²) in [4.78, 5) is 2.38. The maximum absolute atomic E-state index is 13.1. The quantitative estimate of drug-likeness (QED) is 0.802. The minimum Gasteiger partial charge on any atom is -0.495 e. The third kappa shape index (κ3) is 4.42. The van der Waals surface area contributed by atoms with E-state index in [0.29, 0.717) is 11.4 Å². The van der Waals surface area contributed by atoms with Crippen molar-refractivity contribution in [2.45, 2.75) is 31.1 Å². The first-order chi connectivity index (χ1) is 13.2. The van der Waals surface area contributed by atoms with Crippen LogP contribution in [0.1, 0.15) is 26.3 Å². The van der Waals surface area contributed by atoms with Gasteiger partial charge in [-0.05, 0) is 35.2 Å². The van der Waals surface area contributed by atoms with E-state index < -0.39 is 10.0 Å². The molecule has 1 aliphatic heterocycles. The number of hydrogen-bond acceptors (Lipinski definition) is 5. The Labute approximate surface area is 168 Å². The van der Waals surface area contributed by atoms with Crippen molar-refractivity contribution >= 4 is 21.4 Å². The van der Waals surface area contributed by atoms with Gasteiger partial charge in [0.15, 0.2) is 0 Å². The van der Waals surface area contributed by atoms with E-state index in [1.807, 2.05) is 18.2 Å². The van der Waals surface area contributed by atoms with Crippen LogP contribution in [-0.2, 0) is 15.4 Å². The van der Waals surface area contributed by atoms with Crippen molar-refractivity contribution in [3.63, 3.8) is 0 Å². The molecule has 2 aromatic rings. The van der Waals surface area contributed by atoms with Gasteiger partial charge in [-0.25, -0.2) is 8.42 Å². The Morgan fingerprint density at radius 2 is 1.75 bits per heavy atom. The number of sulfonamides is 1. The van der Waals surface area contributed by atoms with E-state index in [9.17, 15) is 8.42 Å². The normalized spacial score (nSPS) is 15.4. The second-order valence-corrected chi connectivity index (χ2v) is 9.65. The molecule has 0 unspecified atom stereocenters. The highest BCUT2D eigenvalue weighted by Gasteiger charge is 2.24. The molecule has 0 bridgehead atoms. The molecular weight excluding hydrogens is 374 g/mol. The molecule has 0 aliphatic carbocycles. The number of nitrogens with one attached hydrogen (secondary N) is 2. The zero-order chi connectivity index (χ0) is 20.4. The van der Waals surface area contributed by atoms with Gasteiger partial charge in [0.2, 0.25) is 0 Å². The van der Waals surface area contributed by atoms with Gasteiger partial charge in [-0.1, -0.05) is 39.0 Å². The number of piperazine rings is 1. The molecule has 6 nitrogen and oxygen atoms in total. The molecule has 3 rings (SSSR count). The lowest BCUT2D eigenvalue weighted by Crippen LogP contribution is -2.43. The molecule has 1 saturated heterocycles. The Hall–Kier alpha value is -2.25. The molecule has 2 N–H and O–H groups in total. The standard InChI is InChI=1S/C21H29N3O3S/c1-21(2,3)17-7-5-6-8-18(17)23-28(25,26)16-9-10-20(27-4)19(15-16)24-13-11-22-12-14-24/h5-10,15,22-23H,11-14H2,1-4H3. The Bertz CT molecular complexity index is 930. The number of nitrogens with zero attached hydrogens (tertiary/aromatic N) is 1. The number of methoxy groups -OCH3 is 1. The molecule has 1 fully saturated rings. The molecule has 0 amide bonds. The second-order valence-electron chi connectivity index (χ2n) is 7.97. The highest BCUT2D eigenvalue weighted by molar-refractivity contribution is 7.92. The van der Waals surface area contributed by atoms with Crippen LogP contribution in [-0.4, -0.2) is 41.7 Å². The third-order valence-electron chi connectivity index (χ3n) is 4.90. The molecule has 28 heavy (non-hydrogen) atoms. The molecule has 0 aromatic heterocycles. The van der Waals surface area contributed by atoms with E-state index in [1.165, 1.54) is 0 Å². The predicted octanol–water partition coefficient (Wildman–Crippen LogP) is 3.20. The summed E-state index contributed by atoms with van der Waals surface area (Å²) >= 11 is 0. The van der Waals surface area contributed by atoms with Crippen molar-refractivity contribution in [3.05, 3.63) is 48.0 Å². The summed E-state index contributed by atoms with van der Waals surface area (Å²) in [5.41, 5.74) is 2.19. The van der Waals surface area contributed by atoms with Crippen LogP contribution in [0, 0.1) is 0 Å². The minimum atomic E-state index is -3.73. The first-order valence-electron chi connectivity index (χ1n) is 9.48. The molecule has 0 saturated carbocycles. The molecule has 152 valence electrons. The molecule has 2 aromatic carbocycles. The lowest BCUT2D eigenvalue weighted by Gasteiger charge is -2.31. The van der Waals surface area contributed by atoms with E-state index in [2.05, 4.69) is 35.7 Å². The average molecular weight is 404 g/mol. The SMILES string of the molecule is COc1ccc(S(=O)(=O)Nc2ccccc2C(C)(C)C)cc1N1CCNCC1. The third-order valence-corrected chi connectivity index (χ3v) is 6.26. The lowest BCUT2D eigenvalue weighted by atomic mass is 9.86. The fourth-order valence-corrected chi connectivity index (χ4v) is 4.52. The van der Waals surface area contributed by atoms with Gasteiger partial charge in [0.25, 0.3) is 10.0 Å². The maximum atomic E-state index is 13.1. The van der Waals surface area contributed by atoms with Crippen LogP contribution in [0.2, 0.25) is 0 Å². The summed E-state index contributed by atoms with van der Waals surface area (Å²) in [5, 5.41) is 3.31. The Kier molecular flexibility index (Phi) is 5.86. The van der Waals surface area contributed by atoms with Crippen LogP contribution in [0.25, 0.3) is 0 Å². The number of ether oxygens (including phenoxy) is 1. The first kappa shape index (κ1) is 20.5. The van der Waals surface area contributed by atoms with Crippen LogP contribution in [0.3, 0.4) is 0 Å². The van der Waals surface area contributed by atoms with Crippen molar-refractivity contribution in [1.29, 1.82) is 0 Å². The van der Waals surface area contributed by atoms with E-state index in [4.69, 9.17) is 4.74 Å². The lowest BCUT2D eigenvalue weighted by molar-refractivity contribution is 0.412. The highest BCUT2D eigenvalue weighted by atomic mass is 32.2. The van der Waals surface area contributed by atoms with Crippen LogP contribution in [0.15, 0.2) is 47.4 Å². The molecule has 1 aliphatic rings. The molecule has 0 atom stereocenters. The van der Waals surface area contributed by atoms with E-state index >= 15 is 0 Å². The maximum Gasteiger partial charge on any atom is 0.261 e. The number of para-hydroxylation sites is 1. The van der Waals surface area contributed by atoms with Crippen molar-refractivity contribution in [2.24, 2.45) is 0 Å². The van der Waals surface area contributed by atoms with Crippen LogP contribution in [0.4, 0.5) is 11.4 Å². The van der Waals surface area contributed by atoms with Gasteiger partial charge in [0.05, 0.1) is 23.4 Å². The zero-order valence-corrected chi connectivity index (χ0v) is 17.8. The predicted molar refractivity (Wildman–Crippen MR) is 114 cm³/mol. The van der Waals surface area contributed by atoms with Gasteiger partial charge >= 0.3 is 0 Å². The van der Waals surface area contributed by atoms with Crippen LogP contribution in [0.5, 0.6) is 5.75 Å². The summed E-state index contributed by atoms with van der Waals surface area (Å²) in [7, 11) is -2.13. The van der Waals surface area contributed by atoms with Gasteiger partial charge in [-0.2, -0.15) is 0 Å². The van der Waals surface area contributed by atoms with E-state index in [0.717, 1.165) is 37.4 Å². The zero-order valence-electron chi connectivity index (χ0n) is 17.0. The van der Waals surface area contributed by atoms with Gasteiger partial charge in [-0.15, -0.1) is 0 Å². The number of benzene rings is 2. The summed E-state index contributed by atoms with van der Waals surface area (Å²) < 4.78 is 34.5. The van der Waals surface area contributed by atoms with Gasteiger partial charge in [0, 0.05) is 26.2 Å². The fourth-order valence-electron chi connectivity index (χ4n) is 3.42. The number of hydrogen-bond donors (Lipinski definition) is 2. The van der Waals surface area contributed by atoms with Crippen molar-refractivity contribution in [3.8, 4) is 5.75 Å². The highest BCUT2D eigenvalue weighted by Crippen LogP contribution is 2.34. The molecule has 0 spiro atoms. The number of anilines is 2. The number of rotatable bonds is 5. The Morgan fingerprint density at radius 1 is 1.07 bits per heavy atom. The minimum absolute atomic E-state index is 0.176. The summed E-state index contributed by atoms with van der Waals surface area (Å²) in [6.45, 7) is 9.52. The van der Waals surface area contributed by atoms with E-state index in [1.54, 1.807) is 31.4 Å². The molecule has 7 heteroatoms. The average Bonchev–Trinajstić information content (AvgIpc) is 2.67. The smallest absolute Gasteiger partial charge is 0.261 e. The molecular formula is C21H29N3O3S. The summed E-state index contributed by atoms with van der Waals surface area (Å²) in [6, 6.07) is 12.5. The van der Waals surface area contributed by atoms with Gasteiger partial charge in [0.1, 0.15) is 5.75 Å². The van der Waals surface area contributed by atoms with Gasteiger partial charge in [-0.3, -0.25) is 4.72 Å². The fraction of sp³-hybridized carbons (Fsp3) is 0.429. The van der Waals surface area contributed by atoms with Crippen LogP contribution < -0.4 is 19.7 Å². The summed E-state index contributed by atoms with van der Waals surface area (Å²) in [5.74, 6) is 0.677. The topological polar surface area (TPSA) is 70.7 Å². The largest absolute Gasteiger partial charge is 0.495 e. The monoisotopic (exact) mass is 403 g/mol. The van der Waals surface area contributed by atoms with E-state index in [-0.39, 0.29) is 10.3 Å². The first-order valence-corrected chi connectivity index (χ1v) is 11.0. The Morgan fingerprint density at radius 3 is 2.39 bits per heavy atom. The second kappa shape index (κ2) is 8.01. The van der Waals surface area contributed by atoms with Crippen LogP contribution >= 0.6 is 0 Å². The Balaban J connectivity index is 1.97.